The van der Waals surface area contributed by atoms with Gasteiger partial charge in [0.15, 0.2) is 0 Å². The lowest BCUT2D eigenvalue weighted by Gasteiger charge is -2.39. The summed E-state index contributed by atoms with van der Waals surface area (Å²) in [4.78, 5) is 14.1. The zero-order valence-corrected chi connectivity index (χ0v) is 12.0. The maximum Gasteiger partial charge on any atom is 0.318 e. The number of nitrogens with one attached hydrogen (secondary N) is 1. The lowest BCUT2D eigenvalue weighted by Crippen LogP contribution is -2.55. The van der Waals surface area contributed by atoms with Gasteiger partial charge in [-0.2, -0.15) is 0 Å². The number of ether oxygens (including phenoxy) is 1. The van der Waals surface area contributed by atoms with E-state index in [0.717, 1.165) is 0 Å². The number of rotatable bonds is 4. The minimum Gasteiger partial charge on any atom is -0.393 e. The quantitative estimate of drug-likeness (QED) is 0.811. The summed E-state index contributed by atoms with van der Waals surface area (Å²) in [5.74, 6) is 0.639. The van der Waals surface area contributed by atoms with Crippen molar-refractivity contribution >= 4 is 6.03 Å². The normalized spacial score (nSPS) is 27.5. The lowest BCUT2D eigenvalue weighted by atomic mass is 9.80. The van der Waals surface area contributed by atoms with Crippen molar-refractivity contribution in [3.63, 3.8) is 0 Å². The number of carbonyl (C=O) groups excluding carboxylic acids is 1. The third kappa shape index (κ3) is 3.83. The van der Waals surface area contributed by atoms with Gasteiger partial charge < -0.3 is 20.1 Å². The van der Waals surface area contributed by atoms with E-state index in [9.17, 15) is 9.90 Å². The number of amides is 2. The van der Waals surface area contributed by atoms with Crippen LogP contribution in [-0.4, -0.2) is 54.0 Å². The number of nitrogens with zero attached hydrogens (tertiary/aromatic N) is 1. The smallest absolute Gasteiger partial charge is 0.318 e. The van der Waals surface area contributed by atoms with Crippen LogP contribution in [0.25, 0.3) is 0 Å². The van der Waals surface area contributed by atoms with E-state index in [2.05, 4.69) is 12.2 Å². The molecule has 0 radical (unpaired) electrons. The van der Waals surface area contributed by atoms with Gasteiger partial charge in [-0.1, -0.05) is 6.42 Å². The molecule has 3 atom stereocenters. The van der Waals surface area contributed by atoms with Gasteiger partial charge in [-0.3, -0.25) is 0 Å². The first-order chi connectivity index (χ1) is 9.08. The molecule has 0 aromatic carbocycles. The van der Waals surface area contributed by atoms with Crippen LogP contribution < -0.4 is 5.32 Å². The number of aliphatic hydroxyl groups excluding tert-OH is 1. The van der Waals surface area contributed by atoms with E-state index < -0.39 is 6.10 Å². The summed E-state index contributed by atoms with van der Waals surface area (Å²) in [6.45, 7) is 5.56. The molecule has 1 heterocycles. The highest BCUT2D eigenvalue weighted by atomic mass is 16.5. The molecule has 2 aliphatic rings. The number of urea groups is 1. The van der Waals surface area contributed by atoms with Gasteiger partial charge in [-0.25, -0.2) is 4.79 Å². The van der Waals surface area contributed by atoms with Gasteiger partial charge in [0.2, 0.25) is 0 Å². The molecule has 0 aromatic heterocycles. The van der Waals surface area contributed by atoms with Gasteiger partial charge in [0.1, 0.15) is 0 Å². The Hall–Kier alpha value is -0.810. The molecule has 2 N–H and O–H groups in total. The van der Waals surface area contributed by atoms with Crippen LogP contribution in [-0.2, 0) is 4.74 Å². The third-order valence-corrected chi connectivity index (χ3v) is 4.31. The fourth-order valence-corrected chi connectivity index (χ4v) is 2.85. The molecule has 0 spiro atoms. The Morgan fingerprint density at radius 1 is 1.47 bits per heavy atom. The Kier molecular flexibility index (Phi) is 5.05. The van der Waals surface area contributed by atoms with Crippen molar-refractivity contribution in [2.24, 2.45) is 5.92 Å². The second-order valence-corrected chi connectivity index (χ2v) is 5.94. The van der Waals surface area contributed by atoms with E-state index >= 15 is 0 Å². The molecule has 19 heavy (non-hydrogen) atoms. The lowest BCUT2D eigenvalue weighted by molar-refractivity contribution is -0.00534. The van der Waals surface area contributed by atoms with Crippen LogP contribution in [0, 0.1) is 5.92 Å². The fourth-order valence-electron chi connectivity index (χ4n) is 2.85. The van der Waals surface area contributed by atoms with Gasteiger partial charge >= 0.3 is 6.03 Å². The molecule has 0 bridgehead atoms. The minimum absolute atomic E-state index is 0.00616. The summed E-state index contributed by atoms with van der Waals surface area (Å²) in [5.41, 5.74) is 0. The molecular formula is C14H26N2O3. The predicted octanol–water partition coefficient (Wildman–Crippen LogP) is 1.36. The van der Waals surface area contributed by atoms with E-state index in [0.29, 0.717) is 32.1 Å². The first-order valence-electron chi connectivity index (χ1n) is 7.41. The van der Waals surface area contributed by atoms with Crippen molar-refractivity contribution in [1.29, 1.82) is 0 Å². The Labute approximate surface area is 115 Å². The van der Waals surface area contributed by atoms with E-state index in [-0.39, 0.29) is 18.1 Å². The van der Waals surface area contributed by atoms with Crippen molar-refractivity contribution < 1.29 is 14.6 Å². The van der Waals surface area contributed by atoms with E-state index in [1.54, 1.807) is 6.92 Å². The highest BCUT2D eigenvalue weighted by Gasteiger charge is 2.31. The zero-order chi connectivity index (χ0) is 13.8. The van der Waals surface area contributed by atoms with Crippen LogP contribution >= 0.6 is 0 Å². The van der Waals surface area contributed by atoms with Crippen LogP contribution in [0.4, 0.5) is 4.79 Å². The van der Waals surface area contributed by atoms with Crippen molar-refractivity contribution in [2.75, 3.05) is 19.8 Å². The Balaban J connectivity index is 1.87. The van der Waals surface area contributed by atoms with Gasteiger partial charge in [-0.05, 0) is 39.0 Å². The predicted molar refractivity (Wildman–Crippen MR) is 72.9 cm³/mol. The second-order valence-electron chi connectivity index (χ2n) is 5.94. The minimum atomic E-state index is -0.411. The van der Waals surface area contributed by atoms with Crippen molar-refractivity contribution in [1.82, 2.24) is 10.2 Å². The fraction of sp³-hybridized carbons (Fsp3) is 0.929. The Morgan fingerprint density at radius 3 is 2.79 bits per heavy atom. The first kappa shape index (κ1) is 14.6. The van der Waals surface area contributed by atoms with Crippen molar-refractivity contribution in [2.45, 2.75) is 57.7 Å². The standard InChI is InChI=1S/C14H26N2O3/c1-10(17)8-13-9-19-7-6-16(13)14(18)15-11(2)12-4-3-5-12/h10-13,17H,3-9H2,1-2H3,(H,15,18). The molecule has 5 nitrogen and oxygen atoms in total. The summed E-state index contributed by atoms with van der Waals surface area (Å²) in [6, 6.07) is 0.229. The second kappa shape index (κ2) is 6.57. The molecule has 1 aliphatic heterocycles. The summed E-state index contributed by atoms with van der Waals surface area (Å²) in [7, 11) is 0. The Morgan fingerprint density at radius 2 is 2.21 bits per heavy atom. The van der Waals surface area contributed by atoms with Gasteiger partial charge in [0.25, 0.3) is 0 Å². The molecule has 110 valence electrons. The number of hydrogen-bond acceptors (Lipinski definition) is 3. The van der Waals surface area contributed by atoms with Crippen molar-refractivity contribution in [3.8, 4) is 0 Å². The topological polar surface area (TPSA) is 61.8 Å². The van der Waals surface area contributed by atoms with E-state index in [1.165, 1.54) is 19.3 Å². The molecule has 2 amide bonds. The Bertz CT molecular complexity index is 305. The highest BCUT2D eigenvalue weighted by Crippen LogP contribution is 2.29. The van der Waals surface area contributed by atoms with E-state index in [4.69, 9.17) is 4.74 Å². The first-order valence-corrected chi connectivity index (χ1v) is 7.41. The van der Waals surface area contributed by atoms with Crippen LogP contribution in [0.3, 0.4) is 0 Å². The summed E-state index contributed by atoms with van der Waals surface area (Å²) in [5, 5.41) is 12.6. The molecule has 0 aromatic rings. The largest absolute Gasteiger partial charge is 0.393 e. The molecule has 2 rings (SSSR count). The van der Waals surface area contributed by atoms with Crippen LogP contribution in [0.1, 0.15) is 39.5 Å². The molecule has 5 heteroatoms. The molecule has 3 unspecified atom stereocenters. The number of hydrogen-bond donors (Lipinski definition) is 2. The maximum atomic E-state index is 12.3. The van der Waals surface area contributed by atoms with Gasteiger partial charge in [-0.15, -0.1) is 0 Å². The summed E-state index contributed by atoms with van der Waals surface area (Å²) >= 11 is 0. The van der Waals surface area contributed by atoms with E-state index in [1.807, 2.05) is 4.90 Å². The van der Waals surface area contributed by atoms with Gasteiger partial charge in [0.05, 0.1) is 25.4 Å². The molecule has 1 aliphatic carbocycles. The average Bonchev–Trinajstić information content (AvgIpc) is 2.26. The summed E-state index contributed by atoms with van der Waals surface area (Å²) in [6.07, 6.45) is 3.90. The number of aliphatic hydroxyl groups is 1. The van der Waals surface area contributed by atoms with Crippen LogP contribution in [0.2, 0.25) is 0 Å². The average molecular weight is 270 g/mol. The van der Waals surface area contributed by atoms with Crippen molar-refractivity contribution in [3.05, 3.63) is 0 Å². The molecule has 1 saturated heterocycles. The van der Waals surface area contributed by atoms with Crippen LogP contribution in [0.5, 0.6) is 0 Å². The van der Waals surface area contributed by atoms with Crippen LogP contribution in [0.15, 0.2) is 0 Å². The molecule has 2 fully saturated rings. The van der Waals surface area contributed by atoms with Gasteiger partial charge in [0, 0.05) is 12.6 Å². The highest BCUT2D eigenvalue weighted by molar-refractivity contribution is 5.75. The third-order valence-electron chi connectivity index (χ3n) is 4.31. The number of carbonyl (C=O) groups is 1. The SMILES string of the molecule is CC(O)CC1COCCN1C(=O)NC(C)C1CCC1. The zero-order valence-electron chi connectivity index (χ0n) is 12.0. The number of morpholine rings is 1. The monoisotopic (exact) mass is 270 g/mol. The maximum absolute atomic E-state index is 12.3. The molecule has 1 saturated carbocycles. The molecular weight excluding hydrogens is 244 g/mol. The summed E-state index contributed by atoms with van der Waals surface area (Å²) < 4.78 is 5.42.